The average molecular weight is 483 g/mol. The maximum absolute atomic E-state index is 12.8. The molecule has 0 aromatic heterocycles. The van der Waals surface area contributed by atoms with Crippen LogP contribution < -0.4 is 19.5 Å². The zero-order valence-electron chi connectivity index (χ0n) is 16.4. The maximum Gasteiger partial charge on any atom is 0.426 e. The summed E-state index contributed by atoms with van der Waals surface area (Å²) >= 11 is 5.95. The Labute approximate surface area is 181 Å². The number of methoxy groups -OCH3 is 2. The molecular weight excluding hydrogens is 465 g/mol. The Morgan fingerprint density at radius 2 is 1.68 bits per heavy atom. The molecule has 1 amide bonds. The van der Waals surface area contributed by atoms with Crippen LogP contribution in [0.4, 0.5) is 24.5 Å². The molecule has 1 atom stereocenters. The Morgan fingerprint density at radius 1 is 1.06 bits per heavy atom. The van der Waals surface area contributed by atoms with Crippen LogP contribution in [0.2, 0.25) is 5.02 Å². The van der Waals surface area contributed by atoms with Gasteiger partial charge < -0.3 is 19.9 Å². The van der Waals surface area contributed by atoms with Crippen molar-refractivity contribution in [2.75, 3.05) is 24.3 Å². The molecule has 0 radical (unpaired) electrons. The number of carbonyl (C=O) groups excluding carboxylic acids is 1. The summed E-state index contributed by atoms with van der Waals surface area (Å²) in [5.41, 5.74) is -3.94. The van der Waals surface area contributed by atoms with Gasteiger partial charge in [0.1, 0.15) is 0 Å². The highest BCUT2D eigenvalue weighted by atomic mass is 35.5. The molecule has 31 heavy (non-hydrogen) atoms. The lowest BCUT2D eigenvalue weighted by atomic mass is 10.1. The van der Waals surface area contributed by atoms with Crippen molar-refractivity contribution < 1.29 is 41.0 Å². The summed E-state index contributed by atoms with van der Waals surface area (Å²) in [6.45, 7) is 0.294. The van der Waals surface area contributed by atoms with Gasteiger partial charge in [0.15, 0.2) is 11.5 Å². The molecule has 0 aliphatic carbocycles. The standard InChI is InChI=1S/C18H18ClF3N2O6S/c1-17(26,18(20,21)22)16(25)23-13-6-4-10(8-12(13)19)24-31(27,28)11-5-7-14(29-2)15(9-11)30-3/h4-9,24,26H,1-3H3,(H,23,25)/t17-/m1/s1. The van der Waals surface area contributed by atoms with Gasteiger partial charge in [0.05, 0.1) is 35.5 Å². The fraction of sp³-hybridized carbons (Fsp3) is 0.278. The van der Waals surface area contributed by atoms with Crippen LogP contribution in [0.1, 0.15) is 6.92 Å². The molecule has 0 unspecified atom stereocenters. The van der Waals surface area contributed by atoms with Crippen molar-refractivity contribution >= 4 is 38.9 Å². The highest BCUT2D eigenvalue weighted by Gasteiger charge is 2.55. The van der Waals surface area contributed by atoms with Crippen LogP contribution in [0, 0.1) is 0 Å². The lowest BCUT2D eigenvalue weighted by Gasteiger charge is -2.25. The fourth-order valence-electron chi connectivity index (χ4n) is 2.25. The molecule has 8 nitrogen and oxygen atoms in total. The number of aliphatic hydroxyl groups is 1. The van der Waals surface area contributed by atoms with Gasteiger partial charge in [-0.2, -0.15) is 13.2 Å². The van der Waals surface area contributed by atoms with Crippen molar-refractivity contribution in [2.24, 2.45) is 0 Å². The van der Waals surface area contributed by atoms with E-state index in [4.69, 9.17) is 21.1 Å². The minimum atomic E-state index is -5.21. The summed E-state index contributed by atoms with van der Waals surface area (Å²) in [6.07, 6.45) is -5.21. The number of hydrogen-bond donors (Lipinski definition) is 3. The van der Waals surface area contributed by atoms with Gasteiger partial charge in [-0.15, -0.1) is 0 Å². The second kappa shape index (κ2) is 8.81. The van der Waals surface area contributed by atoms with Crippen molar-refractivity contribution in [3.63, 3.8) is 0 Å². The van der Waals surface area contributed by atoms with Crippen LogP contribution in [-0.2, 0) is 14.8 Å². The van der Waals surface area contributed by atoms with Crippen LogP contribution in [0.3, 0.4) is 0 Å². The Morgan fingerprint density at radius 3 is 2.19 bits per heavy atom. The fourth-order valence-corrected chi connectivity index (χ4v) is 3.54. The quantitative estimate of drug-likeness (QED) is 0.557. The van der Waals surface area contributed by atoms with Gasteiger partial charge >= 0.3 is 6.18 Å². The zero-order valence-corrected chi connectivity index (χ0v) is 17.9. The van der Waals surface area contributed by atoms with E-state index >= 15 is 0 Å². The number of hydrogen-bond acceptors (Lipinski definition) is 6. The topological polar surface area (TPSA) is 114 Å². The maximum atomic E-state index is 12.8. The van der Waals surface area contributed by atoms with E-state index < -0.39 is 27.7 Å². The summed E-state index contributed by atoms with van der Waals surface area (Å²) in [4.78, 5) is 11.6. The molecule has 0 saturated heterocycles. The number of halogens is 4. The van der Waals surface area contributed by atoms with Gasteiger partial charge in [0.25, 0.3) is 15.9 Å². The van der Waals surface area contributed by atoms with Crippen LogP contribution in [-0.4, -0.2) is 45.4 Å². The SMILES string of the molecule is COc1ccc(S(=O)(=O)Nc2ccc(NC(=O)[C@@](C)(O)C(F)(F)F)c(Cl)c2)cc1OC. The zero-order chi connectivity index (χ0) is 23.6. The molecule has 0 heterocycles. The normalized spacial score (nSPS) is 13.8. The third-order valence-electron chi connectivity index (χ3n) is 4.13. The van der Waals surface area contributed by atoms with E-state index in [0.29, 0.717) is 12.7 Å². The molecule has 0 spiro atoms. The first-order valence-corrected chi connectivity index (χ1v) is 10.2. The summed E-state index contributed by atoms with van der Waals surface area (Å²) in [5.74, 6) is -1.25. The van der Waals surface area contributed by atoms with Crippen molar-refractivity contribution in [2.45, 2.75) is 23.6 Å². The number of anilines is 2. The van der Waals surface area contributed by atoms with Crippen LogP contribution >= 0.6 is 11.6 Å². The lowest BCUT2D eigenvalue weighted by Crippen LogP contribution is -2.52. The number of benzene rings is 2. The van der Waals surface area contributed by atoms with Crippen molar-refractivity contribution in [3.8, 4) is 11.5 Å². The molecule has 170 valence electrons. The molecule has 3 N–H and O–H groups in total. The second-order valence-electron chi connectivity index (χ2n) is 6.34. The van der Waals surface area contributed by atoms with E-state index in [1.54, 1.807) is 0 Å². The Kier molecular flexibility index (Phi) is 6.98. The second-order valence-corrected chi connectivity index (χ2v) is 8.43. The molecule has 0 fully saturated rings. The number of rotatable bonds is 7. The van der Waals surface area contributed by atoms with E-state index in [1.165, 1.54) is 38.5 Å². The first-order valence-electron chi connectivity index (χ1n) is 8.38. The monoisotopic (exact) mass is 482 g/mol. The van der Waals surface area contributed by atoms with Crippen molar-refractivity contribution in [1.82, 2.24) is 0 Å². The van der Waals surface area contributed by atoms with Gasteiger partial charge in [-0.25, -0.2) is 8.42 Å². The highest BCUT2D eigenvalue weighted by molar-refractivity contribution is 7.92. The lowest BCUT2D eigenvalue weighted by molar-refractivity contribution is -0.242. The van der Waals surface area contributed by atoms with E-state index in [0.717, 1.165) is 12.1 Å². The molecule has 2 aromatic rings. The molecule has 0 saturated carbocycles. The summed E-state index contributed by atoms with van der Waals surface area (Å²) in [5, 5.41) is 11.0. The summed E-state index contributed by atoms with van der Waals surface area (Å²) < 4.78 is 75.9. The first-order chi connectivity index (χ1) is 14.2. The predicted octanol–water partition coefficient (Wildman–Crippen LogP) is 3.41. The molecule has 2 aromatic carbocycles. The molecular formula is C18H18ClF3N2O6S. The molecule has 13 heteroatoms. The first kappa shape index (κ1) is 24.6. The number of ether oxygens (including phenoxy) is 2. The van der Waals surface area contributed by atoms with E-state index in [9.17, 15) is 31.5 Å². The number of sulfonamides is 1. The van der Waals surface area contributed by atoms with Crippen LogP contribution in [0.5, 0.6) is 11.5 Å². The highest BCUT2D eigenvalue weighted by Crippen LogP contribution is 2.34. The third-order valence-corrected chi connectivity index (χ3v) is 5.82. The minimum absolute atomic E-state index is 0.0274. The van der Waals surface area contributed by atoms with Crippen molar-refractivity contribution in [3.05, 3.63) is 41.4 Å². The largest absolute Gasteiger partial charge is 0.493 e. The van der Waals surface area contributed by atoms with Crippen LogP contribution in [0.15, 0.2) is 41.3 Å². The third kappa shape index (κ3) is 5.32. The summed E-state index contributed by atoms with van der Waals surface area (Å²) in [7, 11) is -1.36. The van der Waals surface area contributed by atoms with Gasteiger partial charge in [0, 0.05) is 6.07 Å². The number of nitrogens with one attached hydrogen (secondary N) is 2. The average Bonchev–Trinajstić information content (AvgIpc) is 2.68. The molecule has 0 aliphatic heterocycles. The Bertz CT molecular complexity index is 1090. The predicted molar refractivity (Wildman–Crippen MR) is 107 cm³/mol. The van der Waals surface area contributed by atoms with Crippen molar-refractivity contribution in [1.29, 1.82) is 0 Å². The van der Waals surface area contributed by atoms with E-state index in [-0.39, 0.29) is 27.0 Å². The number of carbonyl (C=O) groups is 1. The Hall–Kier alpha value is -2.70. The van der Waals surface area contributed by atoms with E-state index in [2.05, 4.69) is 4.72 Å². The van der Waals surface area contributed by atoms with Gasteiger partial charge in [-0.1, -0.05) is 11.6 Å². The van der Waals surface area contributed by atoms with E-state index in [1.807, 2.05) is 5.32 Å². The minimum Gasteiger partial charge on any atom is -0.493 e. The van der Waals surface area contributed by atoms with Gasteiger partial charge in [-0.3, -0.25) is 9.52 Å². The molecule has 0 bridgehead atoms. The van der Waals surface area contributed by atoms with Crippen LogP contribution in [0.25, 0.3) is 0 Å². The smallest absolute Gasteiger partial charge is 0.426 e. The number of amides is 1. The van der Waals surface area contributed by atoms with Gasteiger partial charge in [-0.05, 0) is 37.3 Å². The summed E-state index contributed by atoms with van der Waals surface area (Å²) in [6, 6.07) is 7.24. The Balaban J connectivity index is 2.25. The molecule has 0 aliphatic rings. The molecule has 2 rings (SSSR count). The number of alkyl halides is 3. The van der Waals surface area contributed by atoms with Gasteiger partial charge in [0.2, 0.25) is 5.60 Å².